The first kappa shape index (κ1) is 15.3. The van der Waals surface area contributed by atoms with Crippen molar-refractivity contribution in [1.82, 2.24) is 14.9 Å². The number of ether oxygens (including phenoxy) is 1. The van der Waals surface area contributed by atoms with Gasteiger partial charge in [-0.3, -0.25) is 0 Å². The number of likely N-dealkylation sites (N-methyl/N-ethyl adjacent to an activating group) is 1. The summed E-state index contributed by atoms with van der Waals surface area (Å²) in [5.74, 6) is 1.67. The van der Waals surface area contributed by atoms with Gasteiger partial charge in [0.25, 0.3) is 0 Å². The van der Waals surface area contributed by atoms with Crippen molar-refractivity contribution in [3.63, 3.8) is 0 Å². The molecule has 1 N–H and O–H groups in total. The second-order valence-electron chi connectivity index (χ2n) is 5.74. The van der Waals surface area contributed by atoms with Crippen LogP contribution < -0.4 is 4.74 Å². The molecule has 6 heteroatoms. The molecule has 2 aromatic rings. The number of nitrogens with zero attached hydrogens (tertiary/aromatic N) is 3. The summed E-state index contributed by atoms with van der Waals surface area (Å²) in [6.07, 6.45) is 3.46. The van der Waals surface area contributed by atoms with Crippen molar-refractivity contribution in [3.05, 3.63) is 42.0 Å². The molecule has 0 aliphatic carbocycles. The van der Waals surface area contributed by atoms with Gasteiger partial charge in [0, 0.05) is 43.0 Å². The summed E-state index contributed by atoms with van der Waals surface area (Å²) < 4.78 is 5.89. The molecule has 6 nitrogen and oxygen atoms in total. The molecule has 0 saturated heterocycles. The molecule has 23 heavy (non-hydrogen) atoms. The summed E-state index contributed by atoms with van der Waals surface area (Å²) in [5.41, 5.74) is 2.90. The highest BCUT2D eigenvalue weighted by atomic mass is 16.5. The Morgan fingerprint density at radius 2 is 2.13 bits per heavy atom. The normalized spacial score (nSPS) is 16.3. The minimum atomic E-state index is -0.916. The Morgan fingerprint density at radius 1 is 1.39 bits per heavy atom. The van der Waals surface area contributed by atoms with Gasteiger partial charge in [-0.15, -0.1) is 0 Å². The molecule has 1 unspecified atom stereocenters. The third-order valence-corrected chi connectivity index (χ3v) is 4.11. The highest BCUT2D eigenvalue weighted by Crippen LogP contribution is 2.40. The minimum absolute atomic E-state index is 0.131. The van der Waals surface area contributed by atoms with Crippen LogP contribution in [0.15, 0.2) is 30.6 Å². The third-order valence-electron chi connectivity index (χ3n) is 4.11. The lowest BCUT2D eigenvalue weighted by atomic mass is 9.90. The lowest BCUT2D eigenvalue weighted by molar-refractivity contribution is 0.149. The molecule has 1 aromatic heterocycles. The van der Waals surface area contributed by atoms with Gasteiger partial charge in [-0.25, -0.2) is 14.8 Å². The average molecular weight is 313 g/mol. The van der Waals surface area contributed by atoms with Crippen molar-refractivity contribution in [3.8, 4) is 16.9 Å². The van der Waals surface area contributed by atoms with Crippen LogP contribution in [0, 0.1) is 6.92 Å². The molecule has 0 saturated carbocycles. The Kier molecular flexibility index (Phi) is 4.14. The number of aryl methyl sites for hydroxylation is 1. The molecule has 1 amide bonds. The number of fused-ring (bicyclic) bond motifs is 1. The quantitative estimate of drug-likeness (QED) is 0.943. The lowest BCUT2D eigenvalue weighted by Crippen LogP contribution is -2.31. The molecule has 0 spiro atoms. The van der Waals surface area contributed by atoms with Crippen molar-refractivity contribution in [1.29, 1.82) is 0 Å². The fraction of sp³-hybridized carbons (Fsp3) is 0.353. The number of hydrogen-bond acceptors (Lipinski definition) is 4. The summed E-state index contributed by atoms with van der Waals surface area (Å²) >= 11 is 0. The van der Waals surface area contributed by atoms with E-state index in [1.165, 1.54) is 4.90 Å². The molecule has 1 aliphatic heterocycles. The SMILES string of the molecule is Cc1ncc(-c2cccc3c2OCCC3CN(C)C(=O)O)cn1. The second-order valence-corrected chi connectivity index (χ2v) is 5.74. The van der Waals surface area contributed by atoms with E-state index in [-0.39, 0.29) is 5.92 Å². The third kappa shape index (κ3) is 3.11. The van der Waals surface area contributed by atoms with Crippen LogP contribution in [0.4, 0.5) is 4.79 Å². The number of aromatic nitrogens is 2. The van der Waals surface area contributed by atoms with Crippen molar-refractivity contribution in [2.24, 2.45) is 0 Å². The van der Waals surface area contributed by atoms with Crippen LogP contribution in [-0.4, -0.2) is 46.3 Å². The maximum Gasteiger partial charge on any atom is 0.407 e. The lowest BCUT2D eigenvalue weighted by Gasteiger charge is -2.29. The molecule has 0 radical (unpaired) electrons. The smallest absolute Gasteiger partial charge is 0.407 e. The molecular formula is C17H19N3O3. The highest BCUT2D eigenvalue weighted by Gasteiger charge is 2.26. The standard InChI is InChI=1S/C17H19N3O3/c1-11-18-8-13(9-19-11)15-5-3-4-14-12(6-7-23-16(14)15)10-20(2)17(21)22/h3-5,8-9,12H,6-7,10H2,1-2H3,(H,21,22). The first-order chi connectivity index (χ1) is 11.1. The fourth-order valence-electron chi connectivity index (χ4n) is 2.85. The van der Waals surface area contributed by atoms with Gasteiger partial charge < -0.3 is 14.7 Å². The van der Waals surface area contributed by atoms with Crippen LogP contribution >= 0.6 is 0 Å². The Bertz CT molecular complexity index is 716. The molecule has 1 atom stereocenters. The van der Waals surface area contributed by atoms with E-state index in [9.17, 15) is 4.79 Å². The van der Waals surface area contributed by atoms with Gasteiger partial charge >= 0.3 is 6.09 Å². The Morgan fingerprint density at radius 3 is 2.83 bits per heavy atom. The first-order valence-electron chi connectivity index (χ1n) is 7.55. The molecule has 3 rings (SSSR count). The van der Waals surface area contributed by atoms with Crippen molar-refractivity contribution < 1.29 is 14.6 Å². The topological polar surface area (TPSA) is 75.5 Å². The zero-order valence-corrected chi connectivity index (χ0v) is 13.2. The molecule has 120 valence electrons. The Labute approximate surface area is 134 Å². The molecule has 2 heterocycles. The highest BCUT2D eigenvalue weighted by molar-refractivity contribution is 5.72. The predicted octanol–water partition coefficient (Wildman–Crippen LogP) is 2.93. The van der Waals surface area contributed by atoms with E-state index in [4.69, 9.17) is 9.84 Å². The predicted molar refractivity (Wildman–Crippen MR) is 85.7 cm³/mol. The average Bonchev–Trinajstić information content (AvgIpc) is 2.55. The summed E-state index contributed by atoms with van der Waals surface area (Å²) in [6.45, 7) is 2.88. The van der Waals surface area contributed by atoms with E-state index in [0.717, 1.165) is 34.7 Å². The van der Waals surface area contributed by atoms with E-state index in [1.807, 2.05) is 25.1 Å². The Hall–Kier alpha value is -2.63. The van der Waals surface area contributed by atoms with E-state index < -0.39 is 6.09 Å². The van der Waals surface area contributed by atoms with Gasteiger partial charge in [-0.1, -0.05) is 18.2 Å². The fourth-order valence-corrected chi connectivity index (χ4v) is 2.85. The van der Waals surface area contributed by atoms with Gasteiger partial charge in [0.2, 0.25) is 0 Å². The number of para-hydroxylation sites is 1. The first-order valence-corrected chi connectivity index (χ1v) is 7.55. The van der Waals surface area contributed by atoms with E-state index in [0.29, 0.717) is 13.2 Å². The van der Waals surface area contributed by atoms with Crippen LogP contribution in [0.3, 0.4) is 0 Å². The van der Waals surface area contributed by atoms with Gasteiger partial charge in [0.15, 0.2) is 0 Å². The molecule has 1 aromatic carbocycles. The molecule has 0 bridgehead atoms. The van der Waals surface area contributed by atoms with Crippen molar-refractivity contribution in [2.45, 2.75) is 19.3 Å². The monoisotopic (exact) mass is 313 g/mol. The van der Waals surface area contributed by atoms with Gasteiger partial charge in [-0.05, 0) is 18.9 Å². The van der Waals surface area contributed by atoms with Gasteiger partial charge in [0.05, 0.1) is 6.61 Å². The summed E-state index contributed by atoms with van der Waals surface area (Å²) in [7, 11) is 1.59. The number of carbonyl (C=O) groups is 1. The summed E-state index contributed by atoms with van der Waals surface area (Å²) in [5, 5.41) is 9.10. The molecular weight excluding hydrogens is 294 g/mol. The van der Waals surface area contributed by atoms with Crippen molar-refractivity contribution >= 4 is 6.09 Å². The maximum absolute atomic E-state index is 11.1. The number of carboxylic acid groups (broad SMARTS) is 1. The largest absolute Gasteiger partial charge is 0.493 e. The van der Waals surface area contributed by atoms with Gasteiger partial charge in [-0.2, -0.15) is 0 Å². The molecule has 0 fully saturated rings. The van der Waals surface area contributed by atoms with Crippen LogP contribution in [0.25, 0.3) is 11.1 Å². The van der Waals surface area contributed by atoms with E-state index >= 15 is 0 Å². The van der Waals surface area contributed by atoms with E-state index in [2.05, 4.69) is 9.97 Å². The Balaban J connectivity index is 1.97. The van der Waals surface area contributed by atoms with Gasteiger partial charge in [0.1, 0.15) is 11.6 Å². The van der Waals surface area contributed by atoms with Crippen LogP contribution in [-0.2, 0) is 0 Å². The summed E-state index contributed by atoms with van der Waals surface area (Å²) in [6, 6.07) is 5.96. The number of rotatable bonds is 3. The van der Waals surface area contributed by atoms with Crippen LogP contribution in [0.5, 0.6) is 5.75 Å². The van der Waals surface area contributed by atoms with Crippen LogP contribution in [0.1, 0.15) is 23.7 Å². The number of benzene rings is 1. The minimum Gasteiger partial charge on any atom is -0.493 e. The number of hydrogen-bond donors (Lipinski definition) is 1. The maximum atomic E-state index is 11.1. The van der Waals surface area contributed by atoms with Crippen LogP contribution in [0.2, 0.25) is 0 Å². The zero-order chi connectivity index (χ0) is 16.4. The second kappa shape index (κ2) is 6.24. The zero-order valence-electron chi connectivity index (χ0n) is 13.2. The summed E-state index contributed by atoms with van der Waals surface area (Å²) in [4.78, 5) is 20.9. The van der Waals surface area contributed by atoms with Crippen molar-refractivity contribution in [2.75, 3.05) is 20.2 Å². The number of amides is 1. The molecule has 1 aliphatic rings. The van der Waals surface area contributed by atoms with E-state index in [1.54, 1.807) is 19.4 Å².